The third kappa shape index (κ3) is 1.77. The van der Waals surface area contributed by atoms with E-state index in [2.05, 4.69) is 16.4 Å². The predicted molar refractivity (Wildman–Crippen MR) is 54.7 cm³/mol. The van der Waals surface area contributed by atoms with Gasteiger partial charge >= 0.3 is 0 Å². The first-order valence-corrected chi connectivity index (χ1v) is 4.83. The molecular formula is C11H14N2O. The Kier molecular flexibility index (Phi) is 2.79. The van der Waals surface area contributed by atoms with Crippen LogP contribution in [0.1, 0.15) is 18.2 Å². The van der Waals surface area contributed by atoms with Gasteiger partial charge in [-0.1, -0.05) is 6.07 Å². The van der Waals surface area contributed by atoms with Crippen LogP contribution in [0.3, 0.4) is 0 Å². The van der Waals surface area contributed by atoms with Gasteiger partial charge in [0, 0.05) is 12.6 Å². The Morgan fingerprint density at radius 1 is 1.50 bits per heavy atom. The number of likely N-dealkylation sites (N-methyl/N-ethyl adjacent to an activating group) is 1. The van der Waals surface area contributed by atoms with Crippen LogP contribution in [0.4, 0.5) is 0 Å². The molecule has 0 amide bonds. The van der Waals surface area contributed by atoms with Crippen LogP contribution in [0.2, 0.25) is 0 Å². The topological polar surface area (TPSA) is 34.1 Å². The molecule has 74 valence electrons. The summed E-state index contributed by atoms with van der Waals surface area (Å²) in [5.74, 6) is 0.992. The fourth-order valence-electron chi connectivity index (χ4n) is 1.62. The van der Waals surface area contributed by atoms with Crippen LogP contribution >= 0.6 is 0 Å². The average Bonchev–Trinajstić information content (AvgIpc) is 2.74. The molecule has 1 atom stereocenters. The molecule has 0 saturated heterocycles. The molecule has 14 heavy (non-hydrogen) atoms. The normalized spacial score (nSPS) is 17.4. The van der Waals surface area contributed by atoms with Crippen LogP contribution in [0.15, 0.2) is 36.2 Å². The maximum Gasteiger partial charge on any atom is 0.115 e. The van der Waals surface area contributed by atoms with Crippen LogP contribution < -0.4 is 5.32 Å². The highest BCUT2D eigenvalue weighted by atomic mass is 16.5. The maximum atomic E-state index is 5.52. The molecular weight excluding hydrogens is 176 g/mol. The van der Waals surface area contributed by atoms with Crippen LogP contribution in [0, 0.1) is 0 Å². The fourth-order valence-corrected chi connectivity index (χ4v) is 1.62. The Labute approximate surface area is 83.8 Å². The Morgan fingerprint density at radius 3 is 3.00 bits per heavy atom. The Bertz CT molecular complexity index is 321. The van der Waals surface area contributed by atoms with E-state index in [0.29, 0.717) is 0 Å². The van der Waals surface area contributed by atoms with E-state index in [1.807, 2.05) is 25.2 Å². The SMILES string of the molecule is CNC(C1=CCCO1)c1ccccn1. The van der Waals surface area contributed by atoms with Gasteiger partial charge in [-0.2, -0.15) is 0 Å². The molecule has 1 aliphatic heterocycles. The lowest BCUT2D eigenvalue weighted by Crippen LogP contribution is -2.20. The van der Waals surface area contributed by atoms with Crippen molar-refractivity contribution in [3.8, 4) is 0 Å². The van der Waals surface area contributed by atoms with Gasteiger partial charge in [0.1, 0.15) is 11.8 Å². The zero-order chi connectivity index (χ0) is 9.80. The van der Waals surface area contributed by atoms with E-state index in [1.54, 1.807) is 6.20 Å². The summed E-state index contributed by atoms with van der Waals surface area (Å²) in [5, 5.41) is 3.20. The third-order valence-electron chi connectivity index (χ3n) is 2.29. The molecule has 0 aromatic carbocycles. The van der Waals surface area contributed by atoms with E-state index in [4.69, 9.17) is 4.74 Å². The summed E-state index contributed by atoms with van der Waals surface area (Å²) >= 11 is 0. The third-order valence-corrected chi connectivity index (χ3v) is 2.29. The van der Waals surface area contributed by atoms with Crippen LogP contribution in [0.25, 0.3) is 0 Å². The number of nitrogens with one attached hydrogen (secondary N) is 1. The summed E-state index contributed by atoms with van der Waals surface area (Å²) in [4.78, 5) is 4.31. The number of aromatic nitrogens is 1. The van der Waals surface area contributed by atoms with E-state index in [1.165, 1.54) is 0 Å². The Balaban J connectivity index is 2.21. The molecule has 2 rings (SSSR count). The molecule has 1 aromatic heterocycles. The molecule has 1 N–H and O–H groups in total. The number of hydrogen-bond donors (Lipinski definition) is 1. The predicted octanol–water partition coefficient (Wildman–Crippen LogP) is 1.65. The number of nitrogens with zero attached hydrogens (tertiary/aromatic N) is 1. The minimum absolute atomic E-state index is 0.0960. The van der Waals surface area contributed by atoms with Gasteiger partial charge in [-0.05, 0) is 25.3 Å². The first-order chi connectivity index (χ1) is 6.92. The molecule has 0 aliphatic carbocycles. The van der Waals surface area contributed by atoms with Crippen molar-refractivity contribution in [2.24, 2.45) is 0 Å². The molecule has 3 heteroatoms. The molecule has 1 unspecified atom stereocenters. The van der Waals surface area contributed by atoms with Gasteiger partial charge < -0.3 is 10.1 Å². The number of rotatable bonds is 3. The van der Waals surface area contributed by atoms with Gasteiger partial charge in [0.2, 0.25) is 0 Å². The van der Waals surface area contributed by atoms with Crippen molar-refractivity contribution in [1.82, 2.24) is 10.3 Å². The molecule has 0 bridgehead atoms. The molecule has 2 heterocycles. The summed E-state index contributed by atoms with van der Waals surface area (Å²) in [5.41, 5.74) is 1.00. The quantitative estimate of drug-likeness (QED) is 0.786. The molecule has 0 spiro atoms. The van der Waals surface area contributed by atoms with Crippen molar-refractivity contribution in [2.45, 2.75) is 12.5 Å². The lowest BCUT2D eigenvalue weighted by atomic mass is 10.1. The Hall–Kier alpha value is -1.35. The van der Waals surface area contributed by atoms with Gasteiger partial charge in [0.25, 0.3) is 0 Å². The highest BCUT2D eigenvalue weighted by Gasteiger charge is 2.19. The molecule has 0 saturated carbocycles. The molecule has 1 aromatic rings. The standard InChI is InChI=1S/C11H14N2O/c1-12-11(10-6-4-8-14-10)9-5-2-3-7-13-9/h2-3,5-7,11-12H,4,8H2,1H3. The summed E-state index contributed by atoms with van der Waals surface area (Å²) in [6.07, 6.45) is 4.92. The van der Waals surface area contributed by atoms with Gasteiger partial charge in [0.05, 0.1) is 12.3 Å². The van der Waals surface area contributed by atoms with E-state index >= 15 is 0 Å². The van der Waals surface area contributed by atoms with Crippen LogP contribution in [-0.4, -0.2) is 18.6 Å². The number of pyridine rings is 1. The van der Waals surface area contributed by atoms with Crippen LogP contribution in [0.5, 0.6) is 0 Å². The average molecular weight is 190 g/mol. The van der Waals surface area contributed by atoms with E-state index < -0.39 is 0 Å². The molecule has 1 aliphatic rings. The molecule has 0 radical (unpaired) electrons. The van der Waals surface area contributed by atoms with E-state index in [-0.39, 0.29) is 6.04 Å². The number of ether oxygens (including phenoxy) is 1. The summed E-state index contributed by atoms with van der Waals surface area (Å²) in [7, 11) is 1.92. The van der Waals surface area contributed by atoms with Crippen molar-refractivity contribution >= 4 is 0 Å². The maximum absolute atomic E-state index is 5.52. The monoisotopic (exact) mass is 190 g/mol. The van der Waals surface area contributed by atoms with Crippen molar-refractivity contribution in [3.63, 3.8) is 0 Å². The van der Waals surface area contributed by atoms with Gasteiger partial charge in [-0.3, -0.25) is 4.98 Å². The minimum Gasteiger partial charge on any atom is -0.496 e. The van der Waals surface area contributed by atoms with Crippen molar-refractivity contribution in [2.75, 3.05) is 13.7 Å². The second kappa shape index (κ2) is 4.24. The van der Waals surface area contributed by atoms with Crippen molar-refractivity contribution in [1.29, 1.82) is 0 Å². The van der Waals surface area contributed by atoms with E-state index in [0.717, 1.165) is 24.5 Å². The highest BCUT2D eigenvalue weighted by molar-refractivity contribution is 5.20. The first-order valence-electron chi connectivity index (χ1n) is 4.83. The summed E-state index contributed by atoms with van der Waals surface area (Å²) in [6.45, 7) is 0.792. The van der Waals surface area contributed by atoms with Gasteiger partial charge in [-0.25, -0.2) is 0 Å². The highest BCUT2D eigenvalue weighted by Crippen LogP contribution is 2.24. The zero-order valence-electron chi connectivity index (χ0n) is 8.23. The largest absolute Gasteiger partial charge is 0.496 e. The second-order valence-corrected chi connectivity index (χ2v) is 3.22. The van der Waals surface area contributed by atoms with Gasteiger partial charge in [-0.15, -0.1) is 0 Å². The lowest BCUT2D eigenvalue weighted by Gasteiger charge is -2.16. The zero-order valence-corrected chi connectivity index (χ0v) is 8.23. The van der Waals surface area contributed by atoms with Crippen LogP contribution in [-0.2, 0) is 4.74 Å². The smallest absolute Gasteiger partial charge is 0.115 e. The van der Waals surface area contributed by atoms with Crippen molar-refractivity contribution < 1.29 is 4.74 Å². The number of hydrogen-bond acceptors (Lipinski definition) is 3. The molecule has 3 nitrogen and oxygen atoms in total. The first kappa shape index (κ1) is 9.21. The fraction of sp³-hybridized carbons (Fsp3) is 0.364. The second-order valence-electron chi connectivity index (χ2n) is 3.22. The summed E-state index contributed by atoms with van der Waals surface area (Å²) in [6, 6.07) is 6.00. The van der Waals surface area contributed by atoms with Crippen molar-refractivity contribution in [3.05, 3.63) is 41.9 Å². The Morgan fingerprint density at radius 2 is 2.43 bits per heavy atom. The summed E-state index contributed by atoms with van der Waals surface area (Å²) < 4.78 is 5.52. The lowest BCUT2D eigenvalue weighted by molar-refractivity contribution is 0.217. The minimum atomic E-state index is 0.0960. The van der Waals surface area contributed by atoms with Gasteiger partial charge in [0.15, 0.2) is 0 Å². The van der Waals surface area contributed by atoms with E-state index in [9.17, 15) is 0 Å². The molecule has 0 fully saturated rings.